The summed E-state index contributed by atoms with van der Waals surface area (Å²) in [5.41, 5.74) is 0. The molecule has 104 valence electrons. The third-order valence-corrected chi connectivity index (χ3v) is 5.18. The zero-order chi connectivity index (χ0) is 13.5. The molecule has 0 aromatic rings. The predicted octanol–water partition coefficient (Wildman–Crippen LogP) is 1.55. The minimum Gasteiger partial charge on any atom is -0.477 e. The first-order valence-electron chi connectivity index (χ1n) is 7.21. The summed E-state index contributed by atoms with van der Waals surface area (Å²) in [6.07, 6.45) is 2.39. The second kappa shape index (κ2) is 4.82. The average Bonchev–Trinajstić information content (AvgIpc) is 2.48. The number of rotatable bonds is 4. The van der Waals surface area contributed by atoms with Gasteiger partial charge in [-0.2, -0.15) is 0 Å². The number of quaternary nitrogens is 1. The Morgan fingerprint density at radius 3 is 2.06 bits per heavy atom. The molecule has 2 heterocycles. The number of carboxylic acid groups (broad SMARTS) is 1. The van der Waals surface area contributed by atoms with Crippen LogP contribution in [-0.2, 0) is 4.79 Å². The normalized spacial score (nSPS) is 36.6. The molecule has 1 N–H and O–H groups in total. The van der Waals surface area contributed by atoms with Gasteiger partial charge < -0.3 is 9.59 Å². The van der Waals surface area contributed by atoms with E-state index in [2.05, 4.69) is 32.6 Å². The van der Waals surface area contributed by atoms with Crippen LogP contribution in [0.3, 0.4) is 0 Å². The van der Waals surface area contributed by atoms with E-state index in [1.807, 2.05) is 0 Å². The van der Waals surface area contributed by atoms with Gasteiger partial charge in [-0.1, -0.05) is 0 Å². The van der Waals surface area contributed by atoms with Crippen molar-refractivity contribution in [2.75, 3.05) is 19.6 Å². The van der Waals surface area contributed by atoms with E-state index < -0.39 is 5.97 Å². The molecule has 2 saturated heterocycles. The lowest BCUT2D eigenvalue weighted by molar-refractivity contribution is -0.977. The number of fused-ring (bicyclic) bond motifs is 2. The Kier molecular flexibility index (Phi) is 3.70. The van der Waals surface area contributed by atoms with Gasteiger partial charge in [0.25, 0.3) is 0 Å². The van der Waals surface area contributed by atoms with Gasteiger partial charge in [0.05, 0.1) is 19.1 Å². The highest BCUT2D eigenvalue weighted by Gasteiger charge is 2.56. The molecule has 0 spiro atoms. The van der Waals surface area contributed by atoms with Gasteiger partial charge in [-0.15, -0.1) is 0 Å². The lowest BCUT2D eigenvalue weighted by Crippen LogP contribution is -2.71. The van der Waals surface area contributed by atoms with Crippen molar-refractivity contribution in [3.63, 3.8) is 0 Å². The first-order valence-corrected chi connectivity index (χ1v) is 7.21. The molecule has 4 heteroatoms. The molecule has 2 aliphatic heterocycles. The van der Waals surface area contributed by atoms with E-state index in [0.29, 0.717) is 30.7 Å². The van der Waals surface area contributed by atoms with Gasteiger partial charge >= 0.3 is 5.97 Å². The lowest BCUT2D eigenvalue weighted by atomic mass is 10.0. The van der Waals surface area contributed by atoms with Crippen LogP contribution in [0.5, 0.6) is 0 Å². The number of hydrogen-bond acceptors (Lipinski definition) is 2. The van der Waals surface area contributed by atoms with Crippen molar-refractivity contribution in [1.82, 2.24) is 4.90 Å². The van der Waals surface area contributed by atoms with Crippen LogP contribution >= 0.6 is 0 Å². The largest absolute Gasteiger partial charge is 0.477 e. The van der Waals surface area contributed by atoms with E-state index in [9.17, 15) is 9.90 Å². The number of hydrogen-bond donors (Lipinski definition) is 1. The van der Waals surface area contributed by atoms with E-state index in [1.54, 1.807) is 0 Å². The maximum Gasteiger partial charge on any atom is 0.359 e. The molecular formula is C14H27N2O2+. The molecule has 2 bridgehead atoms. The maximum absolute atomic E-state index is 11.3. The Labute approximate surface area is 110 Å². The molecule has 1 unspecified atom stereocenters. The molecule has 2 aliphatic rings. The topological polar surface area (TPSA) is 40.5 Å². The van der Waals surface area contributed by atoms with Crippen molar-refractivity contribution < 1.29 is 14.4 Å². The van der Waals surface area contributed by atoms with Gasteiger partial charge in [-0.25, -0.2) is 4.79 Å². The molecule has 0 saturated carbocycles. The van der Waals surface area contributed by atoms with Crippen LogP contribution in [0.2, 0.25) is 0 Å². The van der Waals surface area contributed by atoms with Crippen molar-refractivity contribution >= 4 is 5.97 Å². The highest BCUT2D eigenvalue weighted by molar-refractivity contribution is 5.68. The molecule has 4 nitrogen and oxygen atoms in total. The first kappa shape index (κ1) is 13.8. The fourth-order valence-electron chi connectivity index (χ4n) is 4.21. The van der Waals surface area contributed by atoms with E-state index in [4.69, 9.17) is 0 Å². The van der Waals surface area contributed by atoms with Crippen LogP contribution in [0.15, 0.2) is 0 Å². The summed E-state index contributed by atoms with van der Waals surface area (Å²) in [5.74, 6) is -0.640. The monoisotopic (exact) mass is 255 g/mol. The highest BCUT2D eigenvalue weighted by atomic mass is 16.4. The smallest absolute Gasteiger partial charge is 0.359 e. The Hall–Kier alpha value is -0.610. The van der Waals surface area contributed by atoms with E-state index >= 15 is 0 Å². The van der Waals surface area contributed by atoms with Gasteiger partial charge in [0.1, 0.15) is 12.1 Å². The quantitative estimate of drug-likeness (QED) is 0.775. The number of nitrogens with zero attached hydrogens (tertiary/aromatic N) is 2. The number of likely N-dealkylation sites (tertiary alicyclic amines) is 1. The summed E-state index contributed by atoms with van der Waals surface area (Å²) < 4.78 is 0.818. The minimum atomic E-state index is -0.640. The molecule has 0 aromatic carbocycles. The second-order valence-electron chi connectivity index (χ2n) is 6.57. The molecule has 3 atom stereocenters. The molecule has 2 rings (SSSR count). The first-order chi connectivity index (χ1) is 8.37. The zero-order valence-electron chi connectivity index (χ0n) is 12.1. The van der Waals surface area contributed by atoms with Crippen LogP contribution in [0.1, 0.15) is 40.5 Å². The van der Waals surface area contributed by atoms with Gasteiger partial charge in [-0.3, -0.25) is 4.90 Å². The summed E-state index contributed by atoms with van der Waals surface area (Å²) in [6.45, 7) is 11.3. The fraction of sp³-hybridized carbons (Fsp3) is 0.929. The van der Waals surface area contributed by atoms with Crippen molar-refractivity contribution in [3.05, 3.63) is 0 Å². The predicted molar refractivity (Wildman–Crippen MR) is 71.4 cm³/mol. The molecule has 2 fully saturated rings. The third kappa shape index (κ3) is 2.05. The van der Waals surface area contributed by atoms with Crippen molar-refractivity contribution in [3.8, 4) is 0 Å². The Bertz CT molecular complexity index is 314. The number of piperazine rings is 1. The maximum atomic E-state index is 11.3. The highest BCUT2D eigenvalue weighted by Crippen LogP contribution is 2.40. The van der Waals surface area contributed by atoms with Crippen molar-refractivity contribution in [2.45, 2.75) is 64.7 Å². The summed E-state index contributed by atoms with van der Waals surface area (Å²) in [7, 11) is 0. The SMILES string of the molecule is CC(C)N1C[C@H]2CC[C@@H](C1)[N+]2(CC(=O)O)C(C)C. The standard InChI is InChI=1S/C14H26N2O2/c1-10(2)15-7-12-5-6-13(8-15)16(12,11(3)4)9-14(17)18/h10-13H,5-9H2,1-4H3/p+1/t12-,13+,16?. The van der Waals surface area contributed by atoms with Crippen molar-refractivity contribution in [2.24, 2.45) is 0 Å². The molecule has 0 aromatic heterocycles. The summed E-state index contributed by atoms with van der Waals surface area (Å²) in [6, 6.07) is 2.02. The van der Waals surface area contributed by atoms with Crippen LogP contribution in [0.4, 0.5) is 0 Å². The van der Waals surface area contributed by atoms with Gasteiger partial charge in [0.2, 0.25) is 0 Å². The Morgan fingerprint density at radius 1 is 1.22 bits per heavy atom. The summed E-state index contributed by atoms with van der Waals surface area (Å²) in [5, 5.41) is 9.29. The molecule has 0 aliphatic carbocycles. The van der Waals surface area contributed by atoms with E-state index in [-0.39, 0.29) is 0 Å². The fourth-order valence-corrected chi connectivity index (χ4v) is 4.21. The number of carboxylic acids is 1. The minimum absolute atomic E-state index is 0.304. The number of aliphatic carboxylic acids is 1. The van der Waals surface area contributed by atoms with Crippen molar-refractivity contribution in [1.29, 1.82) is 0 Å². The van der Waals surface area contributed by atoms with E-state index in [0.717, 1.165) is 17.6 Å². The van der Waals surface area contributed by atoms with Gasteiger partial charge in [0.15, 0.2) is 6.54 Å². The lowest BCUT2D eigenvalue weighted by Gasteiger charge is -2.53. The molecule has 0 amide bonds. The van der Waals surface area contributed by atoms with Gasteiger partial charge in [0, 0.05) is 18.9 Å². The summed E-state index contributed by atoms with van der Waals surface area (Å²) >= 11 is 0. The van der Waals surface area contributed by atoms with Crippen LogP contribution in [0, 0.1) is 0 Å². The Morgan fingerprint density at radius 2 is 1.72 bits per heavy atom. The zero-order valence-corrected chi connectivity index (χ0v) is 12.1. The van der Waals surface area contributed by atoms with Gasteiger partial charge in [-0.05, 0) is 27.7 Å². The second-order valence-corrected chi connectivity index (χ2v) is 6.57. The summed E-state index contributed by atoms with van der Waals surface area (Å²) in [4.78, 5) is 13.8. The Balaban J connectivity index is 2.25. The molecule has 18 heavy (non-hydrogen) atoms. The molecular weight excluding hydrogens is 228 g/mol. The molecule has 0 radical (unpaired) electrons. The van der Waals surface area contributed by atoms with Crippen LogP contribution in [-0.4, -0.2) is 64.3 Å². The third-order valence-electron chi connectivity index (χ3n) is 5.18. The number of carbonyl (C=O) groups is 1. The van der Waals surface area contributed by atoms with Crippen LogP contribution < -0.4 is 0 Å². The average molecular weight is 255 g/mol. The van der Waals surface area contributed by atoms with Crippen LogP contribution in [0.25, 0.3) is 0 Å². The van der Waals surface area contributed by atoms with E-state index in [1.165, 1.54) is 12.8 Å².